The molecule has 2 N–H and O–H groups in total. The van der Waals surface area contributed by atoms with Crippen LogP contribution in [0.1, 0.15) is 50.7 Å². The van der Waals surface area contributed by atoms with Crippen molar-refractivity contribution in [3.63, 3.8) is 0 Å². The molecule has 0 bridgehead atoms. The topological polar surface area (TPSA) is 99.2 Å². The predicted octanol–water partition coefficient (Wildman–Crippen LogP) is 3.23. The molecule has 2 aliphatic rings. The summed E-state index contributed by atoms with van der Waals surface area (Å²) in [7, 11) is 0. The third-order valence-electron chi connectivity index (χ3n) is 6.66. The first-order valence-corrected chi connectivity index (χ1v) is 11.6. The number of hydrogen-bond acceptors (Lipinski definition) is 7. The minimum Gasteiger partial charge on any atom is -0.349 e. The smallest absolute Gasteiger partial charge is 0.320 e. The fraction of sp³-hybridized carbons (Fsp3) is 0.609. The maximum Gasteiger partial charge on any atom is 0.320 e. The average molecular weight is 439 g/mol. The highest BCUT2D eigenvalue weighted by atomic mass is 16.2. The van der Waals surface area contributed by atoms with Gasteiger partial charge in [-0.15, -0.1) is 0 Å². The molecule has 2 aliphatic heterocycles. The van der Waals surface area contributed by atoms with Crippen molar-refractivity contribution in [2.75, 3.05) is 23.7 Å². The van der Waals surface area contributed by atoms with Crippen molar-refractivity contribution in [1.29, 1.82) is 0 Å². The zero-order valence-electron chi connectivity index (χ0n) is 19.5. The van der Waals surface area contributed by atoms with Crippen molar-refractivity contribution in [2.24, 2.45) is 0 Å². The molecule has 2 amide bonds. The zero-order chi connectivity index (χ0) is 22.7. The molecule has 2 saturated heterocycles. The first-order valence-electron chi connectivity index (χ1n) is 11.6. The van der Waals surface area contributed by atoms with Gasteiger partial charge >= 0.3 is 6.03 Å². The van der Waals surface area contributed by atoms with Gasteiger partial charge in [-0.2, -0.15) is 0 Å². The number of rotatable bonds is 4. The number of aryl methyl sites for hydroxylation is 2. The molecule has 0 radical (unpaired) electrons. The minimum absolute atomic E-state index is 0.0575. The van der Waals surface area contributed by atoms with E-state index in [4.69, 9.17) is 0 Å². The van der Waals surface area contributed by atoms with E-state index in [1.54, 1.807) is 0 Å². The van der Waals surface area contributed by atoms with Gasteiger partial charge in [0.15, 0.2) is 0 Å². The molecule has 172 valence electrons. The molecule has 2 fully saturated rings. The van der Waals surface area contributed by atoms with Crippen LogP contribution in [0.4, 0.5) is 16.7 Å². The summed E-state index contributed by atoms with van der Waals surface area (Å²) in [5.41, 5.74) is 2.06. The molecule has 9 nitrogen and oxygen atoms in total. The first-order chi connectivity index (χ1) is 15.4. The molecule has 0 spiro atoms. The first kappa shape index (κ1) is 22.2. The van der Waals surface area contributed by atoms with E-state index in [2.05, 4.69) is 44.4 Å². The number of nitrogens with one attached hydrogen (secondary N) is 2. The van der Waals surface area contributed by atoms with Gasteiger partial charge in [-0.05, 0) is 64.5 Å². The molecule has 32 heavy (non-hydrogen) atoms. The number of carbonyl (C=O) groups excluding carboxylic acids is 1. The molecule has 0 saturated carbocycles. The summed E-state index contributed by atoms with van der Waals surface area (Å²) in [5, 5.41) is 6.88. The average Bonchev–Trinajstić information content (AvgIpc) is 2.79. The molecule has 0 aromatic carbocycles. The van der Waals surface area contributed by atoms with Crippen LogP contribution in [-0.2, 0) is 0 Å². The Morgan fingerprint density at radius 1 is 0.781 bits per heavy atom. The van der Waals surface area contributed by atoms with Crippen molar-refractivity contribution < 1.29 is 4.79 Å². The van der Waals surface area contributed by atoms with Crippen LogP contribution in [0.15, 0.2) is 24.8 Å². The lowest BCUT2D eigenvalue weighted by Crippen LogP contribution is -2.60. The molecular weight excluding hydrogens is 404 g/mol. The SMILES string of the molecule is Cc1cnc(NC2CCCN(C(=O)N3CCCC(Nc4ncc(C)cn4)C3C)C2C)nc1. The van der Waals surface area contributed by atoms with E-state index in [-0.39, 0.29) is 30.2 Å². The Hall–Kier alpha value is -2.97. The third-order valence-corrected chi connectivity index (χ3v) is 6.66. The van der Waals surface area contributed by atoms with Gasteiger partial charge in [-0.3, -0.25) is 0 Å². The number of urea groups is 1. The summed E-state index contributed by atoms with van der Waals surface area (Å²) in [5.74, 6) is 1.24. The number of carbonyl (C=O) groups is 1. The van der Waals surface area contributed by atoms with E-state index in [9.17, 15) is 4.79 Å². The molecule has 2 aromatic rings. The fourth-order valence-electron chi connectivity index (χ4n) is 4.64. The lowest BCUT2D eigenvalue weighted by molar-refractivity contribution is 0.0884. The van der Waals surface area contributed by atoms with E-state index in [1.165, 1.54) is 0 Å². The molecule has 4 unspecified atom stereocenters. The van der Waals surface area contributed by atoms with Crippen LogP contribution >= 0.6 is 0 Å². The number of likely N-dealkylation sites (tertiary alicyclic amines) is 2. The largest absolute Gasteiger partial charge is 0.349 e. The molecule has 2 aromatic heterocycles. The minimum atomic E-state index is 0.0575. The standard InChI is InChI=1S/C23H34N8O/c1-15-11-24-21(25-12-15)28-19-7-5-9-30(17(19)3)23(32)31-10-6-8-20(18(31)4)29-22-26-13-16(2)14-27-22/h11-14,17-20H,5-10H2,1-4H3,(H,24,25,28)(H,26,27,29). The number of aromatic nitrogens is 4. The second-order valence-electron chi connectivity index (χ2n) is 9.10. The molecular formula is C23H34N8O. The highest BCUT2D eigenvalue weighted by Gasteiger charge is 2.38. The van der Waals surface area contributed by atoms with E-state index in [0.717, 1.165) is 49.9 Å². The number of anilines is 2. The highest BCUT2D eigenvalue weighted by Crippen LogP contribution is 2.26. The monoisotopic (exact) mass is 438 g/mol. The quantitative estimate of drug-likeness (QED) is 0.756. The Kier molecular flexibility index (Phi) is 6.72. The summed E-state index contributed by atoms with van der Waals surface area (Å²) in [6.45, 7) is 9.73. The van der Waals surface area contributed by atoms with Crippen LogP contribution in [0.5, 0.6) is 0 Å². The van der Waals surface area contributed by atoms with Crippen molar-refractivity contribution >= 4 is 17.9 Å². The van der Waals surface area contributed by atoms with Crippen LogP contribution in [0.3, 0.4) is 0 Å². The van der Waals surface area contributed by atoms with Gasteiger partial charge in [0.05, 0.1) is 12.1 Å². The van der Waals surface area contributed by atoms with Gasteiger partial charge in [0, 0.05) is 50.0 Å². The number of nitrogens with zero attached hydrogens (tertiary/aromatic N) is 6. The Balaban J connectivity index is 1.41. The van der Waals surface area contributed by atoms with Gasteiger partial charge in [-0.1, -0.05) is 0 Å². The van der Waals surface area contributed by atoms with Crippen molar-refractivity contribution in [3.05, 3.63) is 35.9 Å². The summed E-state index contributed by atoms with van der Waals surface area (Å²) in [6.07, 6.45) is 11.1. The lowest BCUT2D eigenvalue weighted by Gasteiger charge is -2.46. The number of piperidine rings is 2. The second-order valence-corrected chi connectivity index (χ2v) is 9.10. The van der Waals surface area contributed by atoms with Crippen molar-refractivity contribution in [1.82, 2.24) is 29.7 Å². The molecule has 4 rings (SSSR count). The zero-order valence-corrected chi connectivity index (χ0v) is 19.5. The second kappa shape index (κ2) is 9.67. The summed E-state index contributed by atoms with van der Waals surface area (Å²) < 4.78 is 0. The normalized spacial score (nSPS) is 26.0. The summed E-state index contributed by atoms with van der Waals surface area (Å²) >= 11 is 0. The fourth-order valence-corrected chi connectivity index (χ4v) is 4.64. The van der Waals surface area contributed by atoms with Gasteiger partial charge in [0.25, 0.3) is 0 Å². The number of hydrogen-bond donors (Lipinski definition) is 2. The van der Waals surface area contributed by atoms with E-state index in [0.29, 0.717) is 11.9 Å². The third kappa shape index (κ3) is 4.92. The van der Waals surface area contributed by atoms with E-state index < -0.39 is 0 Å². The highest BCUT2D eigenvalue weighted by molar-refractivity contribution is 5.75. The van der Waals surface area contributed by atoms with Gasteiger partial charge < -0.3 is 20.4 Å². The lowest BCUT2D eigenvalue weighted by atomic mass is 9.95. The van der Waals surface area contributed by atoms with Crippen LogP contribution in [-0.4, -0.2) is 73.0 Å². The Morgan fingerprint density at radius 3 is 1.53 bits per heavy atom. The van der Waals surface area contributed by atoms with Gasteiger partial charge in [-0.25, -0.2) is 24.7 Å². The number of amides is 2. The van der Waals surface area contributed by atoms with E-state index >= 15 is 0 Å². The maximum absolute atomic E-state index is 13.6. The summed E-state index contributed by atoms with van der Waals surface area (Å²) in [6, 6.07) is 0.484. The van der Waals surface area contributed by atoms with Crippen LogP contribution in [0.2, 0.25) is 0 Å². The van der Waals surface area contributed by atoms with E-state index in [1.807, 2.05) is 48.4 Å². The Morgan fingerprint density at radius 2 is 1.16 bits per heavy atom. The van der Waals surface area contributed by atoms with Gasteiger partial charge in [0.1, 0.15) is 0 Å². The maximum atomic E-state index is 13.6. The summed E-state index contributed by atoms with van der Waals surface area (Å²) in [4.78, 5) is 35.1. The van der Waals surface area contributed by atoms with Crippen LogP contribution in [0.25, 0.3) is 0 Å². The Labute approximate surface area is 190 Å². The van der Waals surface area contributed by atoms with Crippen molar-refractivity contribution in [3.8, 4) is 0 Å². The van der Waals surface area contributed by atoms with Crippen LogP contribution in [0, 0.1) is 13.8 Å². The van der Waals surface area contributed by atoms with Gasteiger partial charge in [0.2, 0.25) is 11.9 Å². The molecule has 0 aliphatic carbocycles. The Bertz CT molecular complexity index is 830. The van der Waals surface area contributed by atoms with Crippen LogP contribution < -0.4 is 10.6 Å². The molecule has 4 atom stereocenters. The molecule has 4 heterocycles. The van der Waals surface area contributed by atoms with Crippen molar-refractivity contribution in [2.45, 2.75) is 77.5 Å². The predicted molar refractivity (Wildman–Crippen MR) is 125 cm³/mol. The molecule has 9 heteroatoms.